The van der Waals surface area contributed by atoms with Gasteiger partial charge >= 0.3 is 0 Å². The van der Waals surface area contributed by atoms with Crippen LogP contribution in [0.3, 0.4) is 0 Å². The van der Waals surface area contributed by atoms with Crippen LogP contribution >= 0.6 is 11.8 Å². The van der Waals surface area contributed by atoms with E-state index in [1.807, 2.05) is 44.7 Å². The van der Waals surface area contributed by atoms with E-state index in [-0.39, 0.29) is 16.1 Å². The van der Waals surface area contributed by atoms with Crippen LogP contribution in [0.5, 0.6) is 0 Å². The molecular formula is C20H31NOS. The highest BCUT2D eigenvalue weighted by Gasteiger charge is 2.26. The fourth-order valence-electron chi connectivity index (χ4n) is 3.20. The minimum absolute atomic E-state index is 0.0551. The van der Waals surface area contributed by atoms with E-state index in [2.05, 4.69) is 31.3 Å². The van der Waals surface area contributed by atoms with Gasteiger partial charge in [-0.05, 0) is 36.6 Å². The molecule has 0 spiro atoms. The molecule has 1 N–H and O–H groups in total. The number of carbonyl (C=O) groups is 1. The van der Waals surface area contributed by atoms with Crippen molar-refractivity contribution >= 4 is 23.4 Å². The molecule has 0 radical (unpaired) electrons. The third-order valence-electron chi connectivity index (χ3n) is 4.44. The Balaban J connectivity index is 1.92. The number of hydrogen-bond acceptors (Lipinski definition) is 2. The van der Waals surface area contributed by atoms with E-state index in [0.717, 1.165) is 11.6 Å². The van der Waals surface area contributed by atoms with Crippen molar-refractivity contribution in [2.24, 2.45) is 11.3 Å². The van der Waals surface area contributed by atoms with Crippen LogP contribution in [0.1, 0.15) is 66.7 Å². The molecule has 0 unspecified atom stereocenters. The number of thioether (sulfide) groups is 1. The second-order valence-electron chi connectivity index (χ2n) is 8.44. The molecule has 0 saturated heterocycles. The number of amides is 1. The van der Waals surface area contributed by atoms with Crippen molar-refractivity contribution in [2.45, 2.75) is 76.4 Å². The molecule has 2 nitrogen and oxygen atoms in total. The van der Waals surface area contributed by atoms with Crippen LogP contribution in [0.15, 0.2) is 29.2 Å². The second kappa shape index (κ2) is 7.29. The Labute approximate surface area is 145 Å². The third kappa shape index (κ3) is 5.87. The molecule has 0 aliphatic heterocycles. The van der Waals surface area contributed by atoms with Crippen molar-refractivity contribution < 1.29 is 4.79 Å². The van der Waals surface area contributed by atoms with Crippen molar-refractivity contribution in [2.75, 3.05) is 5.32 Å². The molecule has 1 fully saturated rings. The van der Waals surface area contributed by atoms with Gasteiger partial charge in [0.15, 0.2) is 0 Å². The van der Waals surface area contributed by atoms with E-state index >= 15 is 0 Å². The maximum atomic E-state index is 12.0. The van der Waals surface area contributed by atoms with Gasteiger partial charge in [0.2, 0.25) is 5.91 Å². The van der Waals surface area contributed by atoms with Crippen LogP contribution in [-0.4, -0.2) is 10.7 Å². The Morgan fingerprint density at radius 2 is 1.65 bits per heavy atom. The van der Waals surface area contributed by atoms with Gasteiger partial charge in [0.1, 0.15) is 0 Å². The summed E-state index contributed by atoms with van der Waals surface area (Å²) in [4.78, 5) is 13.3. The average Bonchev–Trinajstić information content (AvgIpc) is 2.91. The lowest BCUT2D eigenvalue weighted by molar-refractivity contribution is -0.123. The van der Waals surface area contributed by atoms with E-state index in [1.165, 1.54) is 37.0 Å². The lowest BCUT2D eigenvalue weighted by Gasteiger charge is -2.27. The van der Waals surface area contributed by atoms with E-state index in [0.29, 0.717) is 0 Å². The van der Waals surface area contributed by atoms with Gasteiger partial charge in [0, 0.05) is 20.7 Å². The Morgan fingerprint density at radius 1 is 1.09 bits per heavy atom. The van der Waals surface area contributed by atoms with Gasteiger partial charge in [-0.2, -0.15) is 0 Å². The topological polar surface area (TPSA) is 29.1 Å². The molecule has 2 rings (SSSR count). The Hall–Kier alpha value is -0.960. The fourth-order valence-corrected chi connectivity index (χ4v) is 4.42. The highest BCUT2D eigenvalue weighted by atomic mass is 32.2. The fraction of sp³-hybridized carbons (Fsp3) is 0.650. The Kier molecular flexibility index (Phi) is 5.83. The molecule has 0 aromatic heterocycles. The summed E-state index contributed by atoms with van der Waals surface area (Å²) in [5.74, 6) is 0.960. The number of benzene rings is 1. The van der Waals surface area contributed by atoms with Crippen molar-refractivity contribution in [3.63, 3.8) is 0 Å². The molecular weight excluding hydrogens is 302 g/mol. The number of carbonyl (C=O) groups excluding carboxylic acids is 1. The van der Waals surface area contributed by atoms with E-state index < -0.39 is 0 Å². The summed E-state index contributed by atoms with van der Waals surface area (Å²) in [5, 5.41) is 2.98. The molecule has 1 amide bonds. The molecule has 0 heterocycles. The SMILES string of the molecule is CC(C)(CC1CCCC1)Sc1ccc(NC(=O)C(C)(C)C)cc1. The van der Waals surface area contributed by atoms with E-state index in [9.17, 15) is 4.79 Å². The largest absolute Gasteiger partial charge is 0.326 e. The molecule has 1 aromatic rings. The molecule has 3 heteroatoms. The molecule has 0 atom stereocenters. The van der Waals surface area contributed by atoms with Crippen molar-refractivity contribution in [1.29, 1.82) is 0 Å². The normalized spacial score (nSPS) is 16.6. The van der Waals surface area contributed by atoms with Crippen LogP contribution in [0.2, 0.25) is 0 Å². The maximum absolute atomic E-state index is 12.0. The third-order valence-corrected chi connectivity index (χ3v) is 5.67. The van der Waals surface area contributed by atoms with Crippen molar-refractivity contribution in [1.82, 2.24) is 0 Å². The van der Waals surface area contributed by atoms with Crippen LogP contribution in [0.25, 0.3) is 0 Å². The van der Waals surface area contributed by atoms with Crippen LogP contribution in [0.4, 0.5) is 5.69 Å². The Bertz CT molecular complexity index is 522. The summed E-state index contributed by atoms with van der Waals surface area (Å²) in [7, 11) is 0. The summed E-state index contributed by atoms with van der Waals surface area (Å²) in [6.45, 7) is 10.5. The molecule has 1 aliphatic rings. The monoisotopic (exact) mass is 333 g/mol. The first-order valence-corrected chi connectivity index (χ1v) is 9.58. The first kappa shape index (κ1) is 18.4. The predicted molar refractivity (Wildman–Crippen MR) is 101 cm³/mol. The number of rotatable bonds is 5. The molecule has 23 heavy (non-hydrogen) atoms. The lowest BCUT2D eigenvalue weighted by atomic mass is 9.95. The summed E-state index contributed by atoms with van der Waals surface area (Å²) < 4.78 is 0.269. The van der Waals surface area contributed by atoms with Gasteiger partial charge in [0.25, 0.3) is 0 Å². The molecule has 1 aliphatic carbocycles. The average molecular weight is 334 g/mol. The lowest BCUT2D eigenvalue weighted by Crippen LogP contribution is -2.27. The van der Waals surface area contributed by atoms with Gasteiger partial charge < -0.3 is 5.32 Å². The van der Waals surface area contributed by atoms with Gasteiger partial charge in [-0.25, -0.2) is 0 Å². The number of hydrogen-bond donors (Lipinski definition) is 1. The summed E-state index contributed by atoms with van der Waals surface area (Å²) in [6.07, 6.45) is 6.92. The summed E-state index contributed by atoms with van der Waals surface area (Å²) >= 11 is 1.95. The van der Waals surface area contributed by atoms with E-state index in [4.69, 9.17) is 0 Å². The maximum Gasteiger partial charge on any atom is 0.229 e. The smallest absolute Gasteiger partial charge is 0.229 e. The second-order valence-corrected chi connectivity index (χ2v) is 10.2. The highest BCUT2D eigenvalue weighted by Crippen LogP contribution is 2.41. The van der Waals surface area contributed by atoms with Gasteiger partial charge in [0.05, 0.1) is 0 Å². The molecule has 128 valence electrons. The Morgan fingerprint density at radius 3 is 2.17 bits per heavy atom. The van der Waals surface area contributed by atoms with Crippen LogP contribution < -0.4 is 5.32 Å². The van der Waals surface area contributed by atoms with Crippen molar-refractivity contribution in [3.05, 3.63) is 24.3 Å². The van der Waals surface area contributed by atoms with Gasteiger partial charge in [-0.3, -0.25) is 4.79 Å². The summed E-state index contributed by atoms with van der Waals surface area (Å²) in [6, 6.07) is 8.27. The minimum Gasteiger partial charge on any atom is -0.326 e. The molecule has 1 saturated carbocycles. The predicted octanol–water partition coefficient (Wildman–Crippen LogP) is 6.12. The van der Waals surface area contributed by atoms with Crippen LogP contribution in [-0.2, 0) is 4.79 Å². The zero-order valence-corrected chi connectivity index (χ0v) is 16.1. The standard InChI is InChI=1S/C20H31NOS/c1-19(2,3)18(22)21-16-10-12-17(13-11-16)23-20(4,5)14-15-8-6-7-9-15/h10-13,15H,6-9,14H2,1-5H3,(H,21,22). The van der Waals surface area contributed by atoms with Crippen molar-refractivity contribution in [3.8, 4) is 0 Å². The van der Waals surface area contributed by atoms with Crippen LogP contribution in [0, 0.1) is 11.3 Å². The highest BCUT2D eigenvalue weighted by molar-refractivity contribution is 8.00. The summed E-state index contributed by atoms with van der Waals surface area (Å²) in [5.41, 5.74) is 0.513. The molecule has 1 aromatic carbocycles. The first-order valence-electron chi connectivity index (χ1n) is 8.76. The number of nitrogens with one attached hydrogen (secondary N) is 1. The zero-order chi connectivity index (χ0) is 17.1. The van der Waals surface area contributed by atoms with E-state index in [1.54, 1.807) is 0 Å². The first-order chi connectivity index (χ1) is 10.7. The van der Waals surface area contributed by atoms with Gasteiger partial charge in [-0.1, -0.05) is 60.3 Å². The number of anilines is 1. The minimum atomic E-state index is -0.364. The molecule has 0 bridgehead atoms. The zero-order valence-electron chi connectivity index (χ0n) is 15.2. The quantitative estimate of drug-likeness (QED) is 0.657. The van der Waals surface area contributed by atoms with Gasteiger partial charge in [-0.15, -0.1) is 11.8 Å².